The van der Waals surface area contributed by atoms with Gasteiger partial charge in [-0.25, -0.2) is 0 Å². The molecule has 0 aliphatic carbocycles. The molecule has 0 saturated carbocycles. The summed E-state index contributed by atoms with van der Waals surface area (Å²) < 4.78 is 0. The summed E-state index contributed by atoms with van der Waals surface area (Å²) in [6.45, 7) is 1.79. The molecule has 6 nitrogen and oxygen atoms in total. The molecule has 0 radical (unpaired) electrons. The van der Waals surface area contributed by atoms with Crippen LogP contribution in [-0.4, -0.2) is 48.8 Å². The largest absolute Gasteiger partial charge is 0.355 e. The van der Waals surface area contributed by atoms with Gasteiger partial charge in [0, 0.05) is 31.6 Å². The van der Waals surface area contributed by atoms with Gasteiger partial charge in [-0.2, -0.15) is 0 Å². The summed E-state index contributed by atoms with van der Waals surface area (Å²) >= 11 is 11.6. The molecule has 1 heterocycles. The first-order valence-corrected chi connectivity index (χ1v) is 8.50. The number of hydrogen-bond acceptors (Lipinski definition) is 3. The number of halogens is 2. The monoisotopic (exact) mass is 371 g/mol. The van der Waals surface area contributed by atoms with Crippen LogP contribution in [0, 0.1) is 0 Å². The molecule has 1 saturated heterocycles. The first-order chi connectivity index (χ1) is 11.5. The number of hydrogen-bond donors (Lipinski definition) is 2. The molecule has 130 valence electrons. The Bertz CT molecular complexity index is 637. The molecule has 0 bridgehead atoms. The summed E-state index contributed by atoms with van der Waals surface area (Å²) in [6, 6.07) is 4.51. The first-order valence-electron chi connectivity index (χ1n) is 7.75. The molecule has 1 aromatic rings. The van der Waals surface area contributed by atoms with Crippen molar-refractivity contribution in [1.82, 2.24) is 15.5 Å². The Kier molecular flexibility index (Phi) is 6.87. The summed E-state index contributed by atoms with van der Waals surface area (Å²) in [5, 5.41) is 5.87. The van der Waals surface area contributed by atoms with Crippen LogP contribution in [0.2, 0.25) is 10.0 Å². The summed E-state index contributed by atoms with van der Waals surface area (Å²) in [5.74, 6) is -0.502. The van der Waals surface area contributed by atoms with Crippen LogP contribution < -0.4 is 10.6 Å². The van der Waals surface area contributed by atoms with Crippen molar-refractivity contribution in [2.75, 3.05) is 26.2 Å². The van der Waals surface area contributed by atoms with Gasteiger partial charge in [0.25, 0.3) is 5.91 Å². The number of rotatable bonds is 7. The van der Waals surface area contributed by atoms with E-state index in [0.29, 0.717) is 36.5 Å². The SMILES string of the molecule is O=C(CNC(=O)c1ccc(Cl)c(Cl)c1)NCCCN1CCCC1=O. The van der Waals surface area contributed by atoms with E-state index in [1.807, 2.05) is 0 Å². The van der Waals surface area contributed by atoms with Gasteiger partial charge in [-0.15, -0.1) is 0 Å². The third kappa shape index (κ3) is 5.39. The summed E-state index contributed by atoms with van der Waals surface area (Å²) in [5.41, 5.74) is 0.338. The van der Waals surface area contributed by atoms with Crippen molar-refractivity contribution in [1.29, 1.82) is 0 Å². The van der Waals surface area contributed by atoms with Crippen LogP contribution in [0.15, 0.2) is 18.2 Å². The molecule has 1 aliphatic heterocycles. The fraction of sp³-hybridized carbons (Fsp3) is 0.438. The molecule has 0 unspecified atom stereocenters. The summed E-state index contributed by atoms with van der Waals surface area (Å²) in [6.07, 6.45) is 2.22. The van der Waals surface area contributed by atoms with E-state index in [0.717, 1.165) is 13.0 Å². The van der Waals surface area contributed by atoms with Crippen LogP contribution >= 0.6 is 23.2 Å². The lowest BCUT2D eigenvalue weighted by atomic mass is 10.2. The van der Waals surface area contributed by atoms with Gasteiger partial charge in [-0.3, -0.25) is 14.4 Å². The van der Waals surface area contributed by atoms with E-state index in [2.05, 4.69) is 10.6 Å². The second kappa shape index (κ2) is 8.89. The topological polar surface area (TPSA) is 78.5 Å². The number of benzene rings is 1. The van der Waals surface area contributed by atoms with Gasteiger partial charge in [0.05, 0.1) is 16.6 Å². The molecule has 2 N–H and O–H groups in total. The van der Waals surface area contributed by atoms with Gasteiger partial charge in [0.1, 0.15) is 0 Å². The van der Waals surface area contributed by atoms with E-state index >= 15 is 0 Å². The molecule has 1 aromatic carbocycles. The number of carbonyl (C=O) groups is 3. The van der Waals surface area contributed by atoms with Crippen LogP contribution in [0.1, 0.15) is 29.6 Å². The normalized spacial score (nSPS) is 13.9. The maximum atomic E-state index is 11.9. The fourth-order valence-electron chi connectivity index (χ4n) is 2.40. The van der Waals surface area contributed by atoms with Crippen LogP contribution in [0.4, 0.5) is 0 Å². The van der Waals surface area contributed by atoms with Gasteiger partial charge < -0.3 is 15.5 Å². The highest BCUT2D eigenvalue weighted by molar-refractivity contribution is 6.42. The van der Waals surface area contributed by atoms with Crippen molar-refractivity contribution in [3.8, 4) is 0 Å². The van der Waals surface area contributed by atoms with E-state index in [4.69, 9.17) is 23.2 Å². The maximum absolute atomic E-state index is 11.9. The van der Waals surface area contributed by atoms with Crippen molar-refractivity contribution in [2.24, 2.45) is 0 Å². The standard InChI is InChI=1S/C16H19Cl2N3O3/c17-12-5-4-11(9-13(12)18)16(24)20-10-14(22)19-6-2-8-21-7-1-3-15(21)23/h4-5,9H,1-3,6-8,10H2,(H,19,22)(H,20,24). The smallest absolute Gasteiger partial charge is 0.251 e. The molecule has 3 amide bonds. The first kappa shape index (κ1) is 18.5. The molecule has 0 aromatic heterocycles. The predicted octanol–water partition coefficient (Wildman–Crippen LogP) is 1.85. The molecular weight excluding hydrogens is 353 g/mol. The Balaban J connectivity index is 1.64. The molecule has 1 aliphatic rings. The molecule has 1 fully saturated rings. The van der Waals surface area contributed by atoms with Gasteiger partial charge in [0.15, 0.2) is 0 Å². The predicted molar refractivity (Wildman–Crippen MR) is 92.2 cm³/mol. The van der Waals surface area contributed by atoms with E-state index in [-0.39, 0.29) is 23.4 Å². The maximum Gasteiger partial charge on any atom is 0.251 e. The van der Waals surface area contributed by atoms with Crippen LogP contribution in [0.25, 0.3) is 0 Å². The van der Waals surface area contributed by atoms with Crippen molar-refractivity contribution in [2.45, 2.75) is 19.3 Å². The molecule has 2 rings (SSSR count). The summed E-state index contributed by atoms with van der Waals surface area (Å²) in [7, 11) is 0. The molecule has 8 heteroatoms. The van der Waals surface area contributed by atoms with Crippen molar-refractivity contribution < 1.29 is 14.4 Å². The quantitative estimate of drug-likeness (QED) is 0.717. The van der Waals surface area contributed by atoms with Crippen LogP contribution in [0.5, 0.6) is 0 Å². The molecule has 24 heavy (non-hydrogen) atoms. The zero-order valence-corrected chi connectivity index (χ0v) is 14.6. The average Bonchev–Trinajstić information content (AvgIpc) is 2.97. The van der Waals surface area contributed by atoms with Crippen molar-refractivity contribution in [3.05, 3.63) is 33.8 Å². The lowest BCUT2D eigenvalue weighted by Gasteiger charge is -2.15. The van der Waals surface area contributed by atoms with E-state index in [1.165, 1.54) is 18.2 Å². The summed E-state index contributed by atoms with van der Waals surface area (Å²) in [4.78, 5) is 36.9. The second-order valence-electron chi connectivity index (χ2n) is 5.50. The number of amides is 3. The van der Waals surface area contributed by atoms with Crippen LogP contribution in [0.3, 0.4) is 0 Å². The Morgan fingerprint density at radius 3 is 2.62 bits per heavy atom. The molecular formula is C16H19Cl2N3O3. The Morgan fingerprint density at radius 2 is 1.96 bits per heavy atom. The molecule has 0 atom stereocenters. The van der Waals surface area contributed by atoms with E-state index in [1.54, 1.807) is 4.90 Å². The van der Waals surface area contributed by atoms with Gasteiger partial charge in [0.2, 0.25) is 11.8 Å². The number of likely N-dealkylation sites (tertiary alicyclic amines) is 1. The number of carbonyl (C=O) groups excluding carboxylic acids is 3. The minimum atomic E-state index is -0.397. The number of nitrogens with zero attached hydrogens (tertiary/aromatic N) is 1. The lowest BCUT2D eigenvalue weighted by Crippen LogP contribution is -2.38. The molecule has 0 spiro atoms. The van der Waals surface area contributed by atoms with E-state index in [9.17, 15) is 14.4 Å². The zero-order chi connectivity index (χ0) is 17.5. The average molecular weight is 372 g/mol. The second-order valence-corrected chi connectivity index (χ2v) is 6.31. The zero-order valence-electron chi connectivity index (χ0n) is 13.1. The Hall–Kier alpha value is -1.79. The van der Waals surface area contributed by atoms with Crippen LogP contribution in [-0.2, 0) is 9.59 Å². The van der Waals surface area contributed by atoms with Gasteiger partial charge in [-0.05, 0) is 31.0 Å². The minimum absolute atomic E-state index is 0.123. The third-order valence-corrected chi connectivity index (χ3v) is 4.43. The van der Waals surface area contributed by atoms with E-state index < -0.39 is 5.91 Å². The third-order valence-electron chi connectivity index (χ3n) is 3.69. The highest BCUT2D eigenvalue weighted by Crippen LogP contribution is 2.22. The van der Waals surface area contributed by atoms with Gasteiger partial charge >= 0.3 is 0 Å². The Morgan fingerprint density at radius 1 is 1.17 bits per heavy atom. The Labute approximate surface area is 150 Å². The lowest BCUT2D eigenvalue weighted by molar-refractivity contribution is -0.127. The highest BCUT2D eigenvalue weighted by Gasteiger charge is 2.19. The van der Waals surface area contributed by atoms with Crippen molar-refractivity contribution >= 4 is 40.9 Å². The van der Waals surface area contributed by atoms with Gasteiger partial charge in [-0.1, -0.05) is 23.2 Å². The van der Waals surface area contributed by atoms with Crippen molar-refractivity contribution in [3.63, 3.8) is 0 Å². The minimum Gasteiger partial charge on any atom is -0.355 e. The highest BCUT2D eigenvalue weighted by atomic mass is 35.5. The number of nitrogens with one attached hydrogen (secondary N) is 2. The fourth-order valence-corrected chi connectivity index (χ4v) is 2.70.